The van der Waals surface area contributed by atoms with Gasteiger partial charge in [-0.15, -0.1) is 0 Å². The lowest BCUT2D eigenvalue weighted by atomic mass is 10.1. The second-order valence-corrected chi connectivity index (χ2v) is 4.94. The molecule has 0 fully saturated rings. The number of hydrogen-bond donors (Lipinski definition) is 0. The number of para-hydroxylation sites is 2. The van der Waals surface area contributed by atoms with Crippen LogP contribution in [0.4, 0.5) is 0 Å². The van der Waals surface area contributed by atoms with E-state index in [0.717, 1.165) is 34.9 Å². The largest absolute Gasteiger partial charge is 0.328 e. The number of aryl methyl sites for hydroxylation is 1. The molecule has 19 heavy (non-hydrogen) atoms. The third-order valence-electron chi connectivity index (χ3n) is 3.36. The van der Waals surface area contributed by atoms with E-state index in [1.807, 2.05) is 24.3 Å². The molecule has 0 spiro atoms. The SMILES string of the molecule is CCn1c(Cc2ccccc2Cl)nc2ccccc21. The van der Waals surface area contributed by atoms with Crippen LogP contribution >= 0.6 is 11.6 Å². The van der Waals surface area contributed by atoms with Crippen molar-refractivity contribution in [1.82, 2.24) is 9.55 Å². The zero-order valence-corrected chi connectivity index (χ0v) is 11.6. The van der Waals surface area contributed by atoms with Crippen LogP contribution in [0.1, 0.15) is 18.3 Å². The summed E-state index contributed by atoms with van der Waals surface area (Å²) in [4.78, 5) is 4.72. The molecule has 0 aliphatic carbocycles. The minimum atomic E-state index is 0.766. The Kier molecular flexibility index (Phi) is 3.26. The molecule has 1 heterocycles. The molecule has 3 rings (SSSR count). The van der Waals surface area contributed by atoms with E-state index in [1.165, 1.54) is 5.52 Å². The summed E-state index contributed by atoms with van der Waals surface area (Å²) in [5.41, 5.74) is 3.35. The van der Waals surface area contributed by atoms with Crippen molar-refractivity contribution in [1.29, 1.82) is 0 Å². The van der Waals surface area contributed by atoms with Crippen LogP contribution in [0.3, 0.4) is 0 Å². The molecule has 3 aromatic rings. The fourth-order valence-electron chi connectivity index (χ4n) is 2.43. The van der Waals surface area contributed by atoms with Crippen molar-refractivity contribution in [2.75, 3.05) is 0 Å². The van der Waals surface area contributed by atoms with E-state index >= 15 is 0 Å². The van der Waals surface area contributed by atoms with E-state index in [1.54, 1.807) is 0 Å². The fourth-order valence-corrected chi connectivity index (χ4v) is 2.63. The molecule has 0 aliphatic heterocycles. The van der Waals surface area contributed by atoms with Crippen LogP contribution < -0.4 is 0 Å². The summed E-state index contributed by atoms with van der Waals surface area (Å²) in [5, 5.41) is 0.803. The number of rotatable bonds is 3. The fraction of sp³-hybridized carbons (Fsp3) is 0.188. The Morgan fingerprint density at radius 1 is 1.05 bits per heavy atom. The summed E-state index contributed by atoms with van der Waals surface area (Å²) >= 11 is 6.23. The van der Waals surface area contributed by atoms with Gasteiger partial charge in [0.2, 0.25) is 0 Å². The Morgan fingerprint density at radius 2 is 1.79 bits per heavy atom. The number of imidazole rings is 1. The molecule has 0 atom stereocenters. The van der Waals surface area contributed by atoms with Gasteiger partial charge in [0, 0.05) is 18.0 Å². The van der Waals surface area contributed by atoms with E-state index < -0.39 is 0 Å². The Morgan fingerprint density at radius 3 is 2.58 bits per heavy atom. The van der Waals surface area contributed by atoms with Crippen molar-refractivity contribution in [3.8, 4) is 0 Å². The van der Waals surface area contributed by atoms with Crippen LogP contribution in [0.25, 0.3) is 11.0 Å². The molecule has 2 aromatic carbocycles. The number of fused-ring (bicyclic) bond motifs is 1. The zero-order valence-electron chi connectivity index (χ0n) is 10.8. The molecule has 3 heteroatoms. The molecule has 0 aliphatic rings. The van der Waals surface area contributed by atoms with Crippen molar-refractivity contribution in [2.45, 2.75) is 19.9 Å². The van der Waals surface area contributed by atoms with Gasteiger partial charge in [-0.3, -0.25) is 0 Å². The first-order valence-corrected chi connectivity index (χ1v) is 6.85. The molecular weight excluding hydrogens is 256 g/mol. The van der Waals surface area contributed by atoms with Gasteiger partial charge in [-0.1, -0.05) is 41.9 Å². The molecule has 0 unspecified atom stereocenters. The van der Waals surface area contributed by atoms with E-state index in [4.69, 9.17) is 16.6 Å². The smallest absolute Gasteiger partial charge is 0.114 e. The zero-order chi connectivity index (χ0) is 13.2. The molecular formula is C16H15ClN2. The predicted molar refractivity (Wildman–Crippen MR) is 79.7 cm³/mol. The highest BCUT2D eigenvalue weighted by Crippen LogP contribution is 2.22. The van der Waals surface area contributed by atoms with Crippen LogP contribution in [0, 0.1) is 0 Å². The molecule has 2 nitrogen and oxygen atoms in total. The van der Waals surface area contributed by atoms with E-state index in [2.05, 4.69) is 35.8 Å². The average molecular weight is 271 g/mol. The van der Waals surface area contributed by atoms with E-state index in [-0.39, 0.29) is 0 Å². The molecule has 0 amide bonds. The van der Waals surface area contributed by atoms with Gasteiger partial charge in [0.25, 0.3) is 0 Å². The Balaban J connectivity index is 2.08. The van der Waals surface area contributed by atoms with Gasteiger partial charge in [-0.2, -0.15) is 0 Å². The van der Waals surface area contributed by atoms with Crippen LogP contribution in [-0.4, -0.2) is 9.55 Å². The minimum absolute atomic E-state index is 0.766. The third kappa shape index (κ3) is 2.24. The van der Waals surface area contributed by atoms with Gasteiger partial charge in [0.15, 0.2) is 0 Å². The number of benzene rings is 2. The van der Waals surface area contributed by atoms with Crippen LogP contribution in [0.2, 0.25) is 5.02 Å². The standard InChI is InChI=1S/C16H15ClN2/c1-2-19-15-10-6-5-9-14(15)18-16(19)11-12-7-3-4-8-13(12)17/h3-10H,2,11H2,1H3. The van der Waals surface area contributed by atoms with Crippen LogP contribution in [0.15, 0.2) is 48.5 Å². The van der Waals surface area contributed by atoms with Crippen molar-refractivity contribution in [3.63, 3.8) is 0 Å². The van der Waals surface area contributed by atoms with Gasteiger partial charge in [-0.25, -0.2) is 4.98 Å². The van der Waals surface area contributed by atoms with Gasteiger partial charge >= 0.3 is 0 Å². The van der Waals surface area contributed by atoms with Crippen molar-refractivity contribution >= 4 is 22.6 Å². The normalized spacial score (nSPS) is 11.1. The molecule has 0 saturated carbocycles. The number of nitrogens with zero attached hydrogens (tertiary/aromatic N) is 2. The van der Waals surface area contributed by atoms with Gasteiger partial charge in [0.05, 0.1) is 11.0 Å². The lowest BCUT2D eigenvalue weighted by Crippen LogP contribution is -2.02. The predicted octanol–water partition coefficient (Wildman–Crippen LogP) is 4.30. The summed E-state index contributed by atoms with van der Waals surface area (Å²) in [6.07, 6.45) is 0.766. The lowest BCUT2D eigenvalue weighted by molar-refractivity contribution is 0.733. The Hall–Kier alpha value is -1.80. The minimum Gasteiger partial charge on any atom is -0.328 e. The highest BCUT2D eigenvalue weighted by Gasteiger charge is 2.10. The third-order valence-corrected chi connectivity index (χ3v) is 3.72. The van der Waals surface area contributed by atoms with Crippen LogP contribution in [0.5, 0.6) is 0 Å². The van der Waals surface area contributed by atoms with Crippen LogP contribution in [-0.2, 0) is 13.0 Å². The van der Waals surface area contributed by atoms with Crippen molar-refractivity contribution in [2.24, 2.45) is 0 Å². The summed E-state index contributed by atoms with van der Waals surface area (Å²) in [6.45, 7) is 3.06. The van der Waals surface area contributed by atoms with E-state index in [0.29, 0.717) is 0 Å². The van der Waals surface area contributed by atoms with Gasteiger partial charge < -0.3 is 4.57 Å². The number of halogens is 1. The Bertz CT molecular complexity index is 716. The second-order valence-electron chi connectivity index (χ2n) is 4.53. The quantitative estimate of drug-likeness (QED) is 0.694. The molecule has 0 bridgehead atoms. The summed E-state index contributed by atoms with van der Waals surface area (Å²) in [7, 11) is 0. The highest BCUT2D eigenvalue weighted by molar-refractivity contribution is 6.31. The monoisotopic (exact) mass is 270 g/mol. The summed E-state index contributed by atoms with van der Waals surface area (Å²) < 4.78 is 2.25. The number of aromatic nitrogens is 2. The average Bonchev–Trinajstić information content (AvgIpc) is 2.78. The maximum absolute atomic E-state index is 6.23. The van der Waals surface area contributed by atoms with Crippen molar-refractivity contribution < 1.29 is 0 Å². The summed E-state index contributed by atoms with van der Waals surface area (Å²) in [6, 6.07) is 16.2. The number of hydrogen-bond acceptors (Lipinski definition) is 1. The molecule has 0 radical (unpaired) electrons. The lowest BCUT2D eigenvalue weighted by Gasteiger charge is -2.07. The molecule has 0 saturated heterocycles. The molecule has 1 aromatic heterocycles. The first-order valence-electron chi connectivity index (χ1n) is 6.47. The first-order chi connectivity index (χ1) is 9.29. The Labute approximate surface area is 117 Å². The maximum atomic E-state index is 6.23. The summed E-state index contributed by atoms with van der Waals surface area (Å²) in [5.74, 6) is 1.07. The van der Waals surface area contributed by atoms with Gasteiger partial charge in [0.1, 0.15) is 5.82 Å². The second kappa shape index (κ2) is 5.06. The maximum Gasteiger partial charge on any atom is 0.114 e. The highest BCUT2D eigenvalue weighted by atomic mass is 35.5. The molecule has 96 valence electrons. The van der Waals surface area contributed by atoms with Gasteiger partial charge in [-0.05, 0) is 30.7 Å². The first kappa shape index (κ1) is 12.2. The topological polar surface area (TPSA) is 17.8 Å². The van der Waals surface area contributed by atoms with E-state index in [9.17, 15) is 0 Å². The van der Waals surface area contributed by atoms with Crippen molar-refractivity contribution in [3.05, 3.63) is 64.9 Å². The molecule has 0 N–H and O–H groups in total.